The predicted molar refractivity (Wildman–Crippen MR) is 120 cm³/mol. The van der Waals surface area contributed by atoms with E-state index in [9.17, 15) is 19.2 Å². The second kappa shape index (κ2) is 13.9. The van der Waals surface area contributed by atoms with E-state index in [0.717, 1.165) is 0 Å². The van der Waals surface area contributed by atoms with Crippen LogP contribution in [0.1, 0.15) is 80.6 Å². The molecule has 0 aromatic rings. The summed E-state index contributed by atoms with van der Waals surface area (Å²) < 4.78 is 15.6. The van der Waals surface area contributed by atoms with E-state index in [2.05, 4.69) is 10.6 Å². The molecule has 0 heterocycles. The third-order valence-corrected chi connectivity index (χ3v) is 3.88. The summed E-state index contributed by atoms with van der Waals surface area (Å²) in [6.45, 7) is 12.6. The van der Waals surface area contributed by atoms with Crippen LogP contribution in [0.5, 0.6) is 0 Å². The molecule has 0 aliphatic heterocycles. The minimum Gasteiger partial charge on any atom is -0.464 e. The number of amides is 2. The summed E-state index contributed by atoms with van der Waals surface area (Å²) in [7, 11) is 0. The van der Waals surface area contributed by atoms with Crippen molar-refractivity contribution in [1.82, 2.24) is 10.6 Å². The normalized spacial score (nSPS) is 13.5. The molecule has 2 atom stereocenters. The summed E-state index contributed by atoms with van der Waals surface area (Å²) in [6.07, 6.45) is 1.54. The van der Waals surface area contributed by atoms with E-state index in [1.807, 2.05) is 0 Å². The first-order valence-corrected chi connectivity index (χ1v) is 11.1. The van der Waals surface area contributed by atoms with Gasteiger partial charge in [-0.1, -0.05) is 0 Å². The van der Waals surface area contributed by atoms with E-state index < -0.39 is 47.2 Å². The van der Waals surface area contributed by atoms with Crippen LogP contribution in [0.4, 0.5) is 4.79 Å². The number of unbranched alkanes of at least 4 members (excludes halogenated alkanes) is 1. The smallest absolute Gasteiger partial charge is 0.329 e. The molecule has 0 unspecified atom stereocenters. The summed E-state index contributed by atoms with van der Waals surface area (Å²) in [5.41, 5.74) is 4.04. The minimum absolute atomic E-state index is 0.0194. The summed E-state index contributed by atoms with van der Waals surface area (Å²) in [5.74, 6) is -1.76. The molecule has 0 spiro atoms. The Bertz CT molecular complexity index is 624. The van der Waals surface area contributed by atoms with Gasteiger partial charge in [-0.3, -0.25) is 4.79 Å². The van der Waals surface area contributed by atoms with Gasteiger partial charge in [-0.15, -0.1) is 0 Å². The van der Waals surface area contributed by atoms with Gasteiger partial charge in [-0.2, -0.15) is 0 Å². The van der Waals surface area contributed by atoms with E-state index in [-0.39, 0.29) is 19.4 Å². The molecule has 0 bridgehead atoms. The van der Waals surface area contributed by atoms with Crippen LogP contribution in [0.15, 0.2) is 0 Å². The van der Waals surface area contributed by atoms with Crippen molar-refractivity contribution in [3.05, 3.63) is 0 Å². The molecule has 0 aromatic heterocycles. The lowest BCUT2D eigenvalue weighted by Crippen LogP contribution is -2.52. The van der Waals surface area contributed by atoms with Crippen LogP contribution in [0, 0.1) is 0 Å². The first-order chi connectivity index (χ1) is 14.7. The van der Waals surface area contributed by atoms with Gasteiger partial charge in [0, 0.05) is 6.42 Å². The maximum Gasteiger partial charge on any atom is 0.329 e. The highest BCUT2D eigenvalue weighted by Crippen LogP contribution is 2.14. The standard InChI is InChI=1S/C22H41N3O7/c1-8-30-18(27)15(11-9-10-14-23)24-20(29)25-16(19(28)32-22(5,6)7)12-13-17(26)31-21(2,3)4/h15-16H,8-14,23H2,1-7H3,(H2,24,25,29)/t15-,16-/m0/s1. The molecule has 186 valence electrons. The van der Waals surface area contributed by atoms with Crippen molar-refractivity contribution < 1.29 is 33.4 Å². The summed E-state index contributed by atoms with van der Waals surface area (Å²) in [6, 6.07) is -2.73. The van der Waals surface area contributed by atoms with Gasteiger partial charge in [0.25, 0.3) is 0 Å². The number of esters is 3. The van der Waals surface area contributed by atoms with Gasteiger partial charge in [-0.05, 0) is 80.7 Å². The number of ether oxygens (including phenoxy) is 3. The van der Waals surface area contributed by atoms with Crippen LogP contribution >= 0.6 is 0 Å². The monoisotopic (exact) mass is 459 g/mol. The van der Waals surface area contributed by atoms with Crippen LogP contribution in [0.2, 0.25) is 0 Å². The molecule has 0 saturated heterocycles. The van der Waals surface area contributed by atoms with E-state index in [0.29, 0.717) is 25.8 Å². The molecule has 10 heteroatoms. The molecule has 2 amide bonds. The number of carbonyl (C=O) groups excluding carboxylic acids is 4. The van der Waals surface area contributed by atoms with Crippen molar-refractivity contribution in [2.24, 2.45) is 5.73 Å². The second-order valence-corrected chi connectivity index (χ2v) is 9.42. The predicted octanol–water partition coefficient (Wildman–Crippen LogP) is 2.18. The molecule has 4 N–H and O–H groups in total. The fourth-order valence-corrected chi connectivity index (χ4v) is 2.62. The Kier molecular flexibility index (Phi) is 12.9. The minimum atomic E-state index is -1.10. The van der Waals surface area contributed by atoms with Crippen LogP contribution in [0.3, 0.4) is 0 Å². The van der Waals surface area contributed by atoms with Crippen LogP contribution in [-0.4, -0.2) is 60.4 Å². The quantitative estimate of drug-likeness (QED) is 0.229. The van der Waals surface area contributed by atoms with E-state index in [1.165, 1.54) is 0 Å². The van der Waals surface area contributed by atoms with Crippen LogP contribution < -0.4 is 16.4 Å². The first kappa shape index (κ1) is 29.6. The van der Waals surface area contributed by atoms with Crippen LogP contribution in [0.25, 0.3) is 0 Å². The number of nitrogens with two attached hydrogens (primary N) is 1. The Hall–Kier alpha value is -2.36. The largest absolute Gasteiger partial charge is 0.464 e. The van der Waals surface area contributed by atoms with E-state index in [1.54, 1.807) is 48.5 Å². The molecule has 0 aliphatic rings. The number of hydrogen-bond donors (Lipinski definition) is 3. The Balaban J connectivity index is 5.22. The molecule has 0 rings (SSSR count). The lowest BCUT2D eigenvalue weighted by Gasteiger charge is -2.26. The van der Waals surface area contributed by atoms with E-state index >= 15 is 0 Å². The lowest BCUT2D eigenvalue weighted by molar-refractivity contribution is -0.158. The van der Waals surface area contributed by atoms with Gasteiger partial charge in [0.15, 0.2) is 0 Å². The van der Waals surface area contributed by atoms with Gasteiger partial charge in [-0.25, -0.2) is 14.4 Å². The Morgan fingerprint density at radius 3 is 1.81 bits per heavy atom. The highest BCUT2D eigenvalue weighted by atomic mass is 16.6. The average molecular weight is 460 g/mol. The molecule has 10 nitrogen and oxygen atoms in total. The summed E-state index contributed by atoms with van der Waals surface area (Å²) >= 11 is 0. The molecule has 0 fully saturated rings. The summed E-state index contributed by atoms with van der Waals surface area (Å²) in [4.78, 5) is 49.4. The molecule has 0 aliphatic carbocycles. The number of urea groups is 1. The van der Waals surface area contributed by atoms with Gasteiger partial charge < -0.3 is 30.6 Å². The molecular weight excluding hydrogens is 418 g/mol. The van der Waals surface area contributed by atoms with E-state index in [4.69, 9.17) is 19.9 Å². The van der Waals surface area contributed by atoms with Gasteiger partial charge >= 0.3 is 23.9 Å². The van der Waals surface area contributed by atoms with Gasteiger partial charge in [0.05, 0.1) is 6.61 Å². The van der Waals surface area contributed by atoms with Crippen molar-refractivity contribution >= 4 is 23.9 Å². The third kappa shape index (κ3) is 14.6. The Morgan fingerprint density at radius 1 is 0.812 bits per heavy atom. The third-order valence-electron chi connectivity index (χ3n) is 3.88. The van der Waals surface area contributed by atoms with Crippen molar-refractivity contribution in [3.63, 3.8) is 0 Å². The van der Waals surface area contributed by atoms with Crippen molar-refractivity contribution in [2.45, 2.75) is 104 Å². The highest BCUT2D eigenvalue weighted by Gasteiger charge is 2.30. The highest BCUT2D eigenvalue weighted by molar-refractivity contribution is 5.87. The zero-order chi connectivity index (χ0) is 24.9. The molecule has 0 radical (unpaired) electrons. The SMILES string of the molecule is CCOC(=O)[C@H](CCCCN)NC(=O)N[C@@H](CCC(=O)OC(C)(C)C)C(=O)OC(C)(C)C. The number of nitrogens with one attached hydrogen (secondary N) is 2. The van der Waals surface area contributed by atoms with Crippen molar-refractivity contribution in [1.29, 1.82) is 0 Å². The molecule has 0 saturated carbocycles. The van der Waals surface area contributed by atoms with Gasteiger partial charge in [0.1, 0.15) is 23.3 Å². The maximum absolute atomic E-state index is 12.6. The number of hydrogen-bond acceptors (Lipinski definition) is 8. The fourth-order valence-electron chi connectivity index (χ4n) is 2.62. The topological polar surface area (TPSA) is 146 Å². The number of rotatable bonds is 12. The maximum atomic E-state index is 12.6. The van der Waals surface area contributed by atoms with Gasteiger partial charge in [0.2, 0.25) is 0 Å². The van der Waals surface area contributed by atoms with Crippen molar-refractivity contribution in [3.8, 4) is 0 Å². The Labute approximate surface area is 191 Å². The van der Waals surface area contributed by atoms with Crippen molar-refractivity contribution in [2.75, 3.05) is 13.2 Å². The zero-order valence-corrected chi connectivity index (χ0v) is 20.5. The second-order valence-electron chi connectivity index (χ2n) is 9.42. The average Bonchev–Trinajstić information content (AvgIpc) is 2.61. The number of carbonyl (C=O) groups is 4. The first-order valence-electron chi connectivity index (χ1n) is 11.1. The van der Waals surface area contributed by atoms with Crippen LogP contribution in [-0.2, 0) is 28.6 Å². The molecule has 32 heavy (non-hydrogen) atoms. The Morgan fingerprint density at radius 2 is 1.34 bits per heavy atom. The summed E-state index contributed by atoms with van der Waals surface area (Å²) in [5, 5.41) is 5.06. The lowest BCUT2D eigenvalue weighted by atomic mass is 10.1. The zero-order valence-electron chi connectivity index (χ0n) is 20.5. The fraction of sp³-hybridized carbons (Fsp3) is 0.818. The molecular formula is C22H41N3O7. The molecule has 0 aromatic carbocycles.